The maximum atomic E-state index is 12.7. The molecule has 0 bridgehead atoms. The molecule has 2 heterocycles. The van der Waals surface area contributed by atoms with Gasteiger partial charge in [0, 0.05) is 37.1 Å². The molecule has 2 saturated heterocycles. The van der Waals surface area contributed by atoms with E-state index < -0.39 is 10.0 Å². The van der Waals surface area contributed by atoms with E-state index in [0.717, 1.165) is 19.0 Å². The number of hydrogen-bond acceptors (Lipinski definition) is 4. The molecular weight excluding hydrogens is 352 g/mol. The Morgan fingerprint density at radius 3 is 2.23 bits per heavy atom. The Balaban J connectivity index is 2.02. The van der Waals surface area contributed by atoms with Crippen LogP contribution in [0.3, 0.4) is 0 Å². The number of nitrogens with one attached hydrogen (secondary N) is 1. The van der Waals surface area contributed by atoms with E-state index in [2.05, 4.69) is 42.9 Å². The van der Waals surface area contributed by atoms with Crippen LogP contribution in [-0.4, -0.2) is 79.8 Å². The Morgan fingerprint density at radius 1 is 1.19 bits per heavy atom. The van der Waals surface area contributed by atoms with Crippen LogP contribution in [0.5, 0.6) is 0 Å². The largest absolute Gasteiger partial charge is 0.373 e. The quantitative estimate of drug-likeness (QED) is 0.571. The highest BCUT2D eigenvalue weighted by Gasteiger charge is 2.53. The normalized spacial score (nSPS) is 29.3. The van der Waals surface area contributed by atoms with Crippen molar-refractivity contribution in [2.75, 3.05) is 38.5 Å². The third-order valence-corrected chi connectivity index (χ3v) is 7.65. The molecule has 2 rings (SSSR count). The number of ether oxygens (including phenoxy) is 1. The average Bonchev–Trinajstić information content (AvgIpc) is 2.51. The zero-order chi connectivity index (χ0) is 19.8. The summed E-state index contributed by atoms with van der Waals surface area (Å²) in [4.78, 5) is 6.85. The molecule has 26 heavy (non-hydrogen) atoms. The molecule has 2 atom stereocenters. The van der Waals surface area contributed by atoms with Crippen molar-refractivity contribution in [1.82, 2.24) is 14.5 Å². The lowest BCUT2D eigenvalue weighted by molar-refractivity contribution is -0.0667. The van der Waals surface area contributed by atoms with Crippen LogP contribution >= 0.6 is 0 Å². The lowest BCUT2D eigenvalue weighted by Gasteiger charge is -2.62. The molecule has 2 aliphatic heterocycles. The van der Waals surface area contributed by atoms with Gasteiger partial charge in [-0.1, -0.05) is 13.8 Å². The molecule has 0 amide bonds. The average molecular weight is 389 g/mol. The van der Waals surface area contributed by atoms with Crippen LogP contribution in [0.2, 0.25) is 0 Å². The molecule has 1 N–H and O–H groups in total. The summed E-state index contributed by atoms with van der Waals surface area (Å²) in [6, 6.07) is 0. The van der Waals surface area contributed by atoms with Crippen molar-refractivity contribution in [3.63, 3.8) is 0 Å². The van der Waals surface area contributed by atoms with Gasteiger partial charge >= 0.3 is 0 Å². The van der Waals surface area contributed by atoms with Crippen molar-refractivity contribution >= 4 is 16.0 Å². The number of morpholine rings is 1. The fraction of sp³-hybridized carbons (Fsp3) is 0.944. The fourth-order valence-corrected chi connectivity index (χ4v) is 5.00. The highest BCUT2D eigenvalue weighted by molar-refractivity contribution is 7.89. The predicted octanol–water partition coefficient (Wildman–Crippen LogP) is 1.51. The predicted molar refractivity (Wildman–Crippen MR) is 106 cm³/mol. The second-order valence-electron chi connectivity index (χ2n) is 8.66. The van der Waals surface area contributed by atoms with Crippen LogP contribution in [0.15, 0.2) is 4.99 Å². The van der Waals surface area contributed by atoms with Gasteiger partial charge in [0.15, 0.2) is 5.96 Å². The van der Waals surface area contributed by atoms with Crippen molar-refractivity contribution in [1.29, 1.82) is 0 Å². The molecule has 0 aromatic heterocycles. The van der Waals surface area contributed by atoms with Crippen LogP contribution in [0.25, 0.3) is 0 Å². The maximum absolute atomic E-state index is 12.7. The van der Waals surface area contributed by atoms with Gasteiger partial charge in [0.2, 0.25) is 10.0 Å². The highest BCUT2D eigenvalue weighted by Crippen LogP contribution is 2.46. The van der Waals surface area contributed by atoms with Crippen LogP contribution in [0.1, 0.15) is 48.5 Å². The summed E-state index contributed by atoms with van der Waals surface area (Å²) in [6.45, 7) is 17.5. The standard InChI is InChI=1S/C18H36N4O3S/c1-8-19-16(22-13-17(4,5)18(22,6)7)20-9-10-26(23,24)21-11-14(2)25-15(3)12-21/h14-15H,8-13H2,1-7H3,(H,19,20). The SMILES string of the molecule is CCNC(=NCCS(=O)(=O)N1CC(C)OC(C)C1)N1CC(C)(C)C1(C)C. The number of aliphatic imine (C=N–C) groups is 1. The van der Waals surface area contributed by atoms with Gasteiger partial charge in [0.25, 0.3) is 0 Å². The third kappa shape index (κ3) is 4.34. The molecule has 2 unspecified atom stereocenters. The minimum atomic E-state index is -3.33. The van der Waals surface area contributed by atoms with Crippen molar-refractivity contribution < 1.29 is 13.2 Å². The van der Waals surface area contributed by atoms with Gasteiger partial charge < -0.3 is 15.0 Å². The molecule has 0 aromatic rings. The highest BCUT2D eigenvalue weighted by atomic mass is 32.2. The number of guanidine groups is 1. The minimum Gasteiger partial charge on any atom is -0.373 e. The van der Waals surface area contributed by atoms with Gasteiger partial charge in [-0.3, -0.25) is 4.99 Å². The molecular formula is C18H36N4O3S. The molecule has 0 aromatic carbocycles. The molecule has 0 spiro atoms. The lowest BCUT2D eigenvalue weighted by Crippen LogP contribution is -2.72. The number of rotatable bonds is 5. The van der Waals surface area contributed by atoms with Gasteiger partial charge in [0.05, 0.1) is 24.5 Å². The second kappa shape index (κ2) is 7.64. The number of nitrogens with zero attached hydrogens (tertiary/aromatic N) is 3. The Bertz CT molecular complexity index is 620. The number of sulfonamides is 1. The molecule has 7 nitrogen and oxygen atoms in total. The summed E-state index contributed by atoms with van der Waals surface area (Å²) in [6.07, 6.45) is -0.142. The molecule has 8 heteroatoms. The molecule has 152 valence electrons. The Hall–Kier alpha value is -0.860. The van der Waals surface area contributed by atoms with Gasteiger partial charge in [-0.15, -0.1) is 0 Å². The van der Waals surface area contributed by atoms with E-state index in [1.807, 2.05) is 20.8 Å². The van der Waals surface area contributed by atoms with Crippen LogP contribution < -0.4 is 5.32 Å². The Kier molecular flexibility index (Phi) is 6.30. The lowest BCUT2D eigenvalue weighted by atomic mass is 9.65. The van der Waals surface area contributed by atoms with Crippen molar-refractivity contribution in [3.8, 4) is 0 Å². The van der Waals surface area contributed by atoms with Crippen molar-refractivity contribution in [2.45, 2.75) is 66.2 Å². The summed E-state index contributed by atoms with van der Waals surface area (Å²) < 4.78 is 32.5. The smallest absolute Gasteiger partial charge is 0.216 e. The van der Waals surface area contributed by atoms with Gasteiger partial charge in [-0.2, -0.15) is 4.31 Å². The van der Waals surface area contributed by atoms with E-state index in [9.17, 15) is 8.42 Å². The summed E-state index contributed by atoms with van der Waals surface area (Å²) in [5, 5.41) is 3.31. The van der Waals surface area contributed by atoms with Crippen LogP contribution in [-0.2, 0) is 14.8 Å². The third-order valence-electron chi connectivity index (χ3n) is 5.87. The first-order valence-electron chi connectivity index (χ1n) is 9.60. The first-order chi connectivity index (χ1) is 11.9. The van der Waals surface area contributed by atoms with Gasteiger partial charge in [-0.05, 0) is 34.6 Å². The first-order valence-corrected chi connectivity index (χ1v) is 11.2. The molecule has 0 aliphatic carbocycles. The topological polar surface area (TPSA) is 74.2 Å². The van der Waals surface area contributed by atoms with E-state index in [4.69, 9.17) is 4.74 Å². The van der Waals surface area contributed by atoms with E-state index in [-0.39, 0.29) is 35.5 Å². The molecule has 2 fully saturated rings. The van der Waals surface area contributed by atoms with E-state index >= 15 is 0 Å². The zero-order valence-electron chi connectivity index (χ0n) is 17.4. The fourth-order valence-electron chi connectivity index (χ4n) is 3.55. The molecule has 2 aliphatic rings. The van der Waals surface area contributed by atoms with Crippen LogP contribution in [0, 0.1) is 5.41 Å². The molecule has 0 saturated carbocycles. The summed E-state index contributed by atoms with van der Waals surface area (Å²) in [5.74, 6) is 0.828. The summed E-state index contributed by atoms with van der Waals surface area (Å²) >= 11 is 0. The van der Waals surface area contributed by atoms with Crippen LogP contribution in [0.4, 0.5) is 0 Å². The van der Waals surface area contributed by atoms with E-state index in [1.54, 1.807) is 4.31 Å². The van der Waals surface area contributed by atoms with Gasteiger partial charge in [-0.25, -0.2) is 8.42 Å². The Labute approximate surface area is 159 Å². The van der Waals surface area contributed by atoms with Crippen molar-refractivity contribution in [2.24, 2.45) is 10.4 Å². The monoisotopic (exact) mass is 388 g/mol. The van der Waals surface area contributed by atoms with Crippen molar-refractivity contribution in [3.05, 3.63) is 0 Å². The summed E-state index contributed by atoms with van der Waals surface area (Å²) in [7, 11) is -3.33. The number of likely N-dealkylation sites (tertiary alicyclic amines) is 1. The summed E-state index contributed by atoms with van der Waals surface area (Å²) in [5.41, 5.74) is 0.192. The maximum Gasteiger partial charge on any atom is 0.216 e. The first kappa shape index (κ1) is 21.4. The Morgan fingerprint density at radius 2 is 1.77 bits per heavy atom. The second-order valence-corrected chi connectivity index (χ2v) is 10.7. The molecule has 0 radical (unpaired) electrons. The zero-order valence-corrected chi connectivity index (χ0v) is 18.2. The van der Waals surface area contributed by atoms with E-state index in [1.165, 1.54) is 0 Å². The van der Waals surface area contributed by atoms with E-state index in [0.29, 0.717) is 13.1 Å². The number of hydrogen-bond donors (Lipinski definition) is 1. The minimum absolute atomic E-state index is 0.0120. The van der Waals surface area contributed by atoms with Gasteiger partial charge in [0.1, 0.15) is 0 Å².